The van der Waals surface area contributed by atoms with Gasteiger partial charge in [-0.1, -0.05) is 5.92 Å². The molecule has 18 heavy (non-hydrogen) atoms. The van der Waals surface area contributed by atoms with Gasteiger partial charge in [0.2, 0.25) is 5.95 Å². The number of ether oxygens (including phenoxy) is 1. The van der Waals surface area contributed by atoms with Crippen molar-refractivity contribution in [3.63, 3.8) is 0 Å². The van der Waals surface area contributed by atoms with E-state index in [9.17, 15) is 0 Å². The molecule has 0 aliphatic rings. The first-order chi connectivity index (χ1) is 8.83. The van der Waals surface area contributed by atoms with Gasteiger partial charge in [0.05, 0.1) is 0 Å². The van der Waals surface area contributed by atoms with E-state index in [0.29, 0.717) is 18.4 Å². The summed E-state index contributed by atoms with van der Waals surface area (Å²) in [6, 6.07) is 1.95. The van der Waals surface area contributed by atoms with Gasteiger partial charge in [0.15, 0.2) is 6.61 Å². The summed E-state index contributed by atoms with van der Waals surface area (Å²) in [5.41, 5.74) is 0. The van der Waals surface area contributed by atoms with Gasteiger partial charge in [-0.05, 0) is 13.0 Å². The van der Waals surface area contributed by atoms with Crippen LogP contribution in [-0.2, 0) is 0 Å². The van der Waals surface area contributed by atoms with Crippen LogP contribution in [0.2, 0.25) is 0 Å². The molecule has 0 spiro atoms. The second-order valence-electron chi connectivity index (χ2n) is 3.22. The lowest BCUT2D eigenvalue weighted by Gasteiger charge is -2.07. The van der Waals surface area contributed by atoms with Gasteiger partial charge in [0.1, 0.15) is 0 Å². The molecular formula is C11H12N6O. The van der Waals surface area contributed by atoms with E-state index in [1.807, 2.05) is 6.92 Å². The van der Waals surface area contributed by atoms with E-state index in [1.54, 1.807) is 18.5 Å². The molecule has 7 nitrogen and oxygen atoms in total. The van der Waals surface area contributed by atoms with Crippen LogP contribution in [0, 0.1) is 12.3 Å². The normalized spacial score (nSPS) is 9.78. The predicted octanol–water partition coefficient (Wildman–Crippen LogP) is 0.501. The maximum Gasteiger partial charge on any atom is 0.324 e. The van der Waals surface area contributed by atoms with E-state index in [-0.39, 0.29) is 12.6 Å². The Hall–Kier alpha value is -2.62. The Bertz CT molecular complexity index is 545. The minimum Gasteiger partial charge on any atom is -0.450 e. The summed E-state index contributed by atoms with van der Waals surface area (Å²) in [5, 5.41) is 7.04. The van der Waals surface area contributed by atoms with Gasteiger partial charge in [-0.2, -0.15) is 20.1 Å². The average molecular weight is 244 g/mol. The number of nitrogens with zero attached hydrogens (tertiary/aromatic N) is 5. The summed E-state index contributed by atoms with van der Waals surface area (Å²) in [4.78, 5) is 12.4. The van der Waals surface area contributed by atoms with Crippen LogP contribution in [0.3, 0.4) is 0 Å². The van der Waals surface area contributed by atoms with E-state index in [4.69, 9.17) is 11.2 Å². The maximum absolute atomic E-state index is 5.20. The third kappa shape index (κ3) is 2.74. The Morgan fingerprint density at radius 1 is 1.44 bits per heavy atom. The van der Waals surface area contributed by atoms with Gasteiger partial charge in [0, 0.05) is 18.9 Å². The molecule has 0 aromatic carbocycles. The fraction of sp³-hybridized carbons (Fsp3) is 0.273. The van der Waals surface area contributed by atoms with Crippen LogP contribution in [0.5, 0.6) is 6.01 Å². The number of terminal acetylenes is 1. The second-order valence-corrected chi connectivity index (χ2v) is 3.22. The maximum atomic E-state index is 5.20. The minimum atomic E-state index is 0.105. The van der Waals surface area contributed by atoms with Crippen molar-refractivity contribution in [1.29, 1.82) is 0 Å². The highest BCUT2D eigenvalue weighted by Gasteiger charge is 2.08. The summed E-state index contributed by atoms with van der Waals surface area (Å²) < 4.78 is 6.72. The zero-order chi connectivity index (χ0) is 12.8. The molecule has 0 fully saturated rings. The van der Waals surface area contributed by atoms with Crippen molar-refractivity contribution >= 4 is 5.95 Å². The summed E-state index contributed by atoms with van der Waals surface area (Å²) in [7, 11) is 0. The zero-order valence-corrected chi connectivity index (χ0v) is 9.87. The Balaban J connectivity index is 2.34. The molecule has 0 bridgehead atoms. The smallest absolute Gasteiger partial charge is 0.324 e. The monoisotopic (exact) mass is 244 g/mol. The first-order valence-corrected chi connectivity index (χ1v) is 5.39. The van der Waals surface area contributed by atoms with E-state index in [1.165, 1.54) is 4.68 Å². The van der Waals surface area contributed by atoms with Gasteiger partial charge >= 0.3 is 6.01 Å². The van der Waals surface area contributed by atoms with Crippen LogP contribution in [-0.4, -0.2) is 37.9 Å². The molecule has 0 aliphatic carbocycles. The van der Waals surface area contributed by atoms with Crippen LogP contribution in [0.1, 0.15) is 6.92 Å². The Morgan fingerprint density at radius 3 is 3.00 bits per heavy atom. The quantitative estimate of drug-likeness (QED) is 0.772. The number of hydrogen-bond donors (Lipinski definition) is 1. The molecule has 0 aliphatic heterocycles. The van der Waals surface area contributed by atoms with Gasteiger partial charge in [-0.3, -0.25) is 0 Å². The van der Waals surface area contributed by atoms with E-state index >= 15 is 0 Å². The summed E-state index contributed by atoms with van der Waals surface area (Å²) in [6.07, 6.45) is 8.50. The van der Waals surface area contributed by atoms with Gasteiger partial charge in [-0.15, -0.1) is 6.42 Å². The molecule has 0 saturated heterocycles. The van der Waals surface area contributed by atoms with Crippen molar-refractivity contribution in [2.75, 3.05) is 18.5 Å². The highest BCUT2D eigenvalue weighted by molar-refractivity contribution is 5.29. The van der Waals surface area contributed by atoms with Gasteiger partial charge in [-0.25, -0.2) is 4.68 Å². The second kappa shape index (κ2) is 5.63. The molecule has 0 atom stereocenters. The van der Waals surface area contributed by atoms with Crippen molar-refractivity contribution in [2.24, 2.45) is 0 Å². The summed E-state index contributed by atoms with van der Waals surface area (Å²) in [6.45, 7) is 2.74. The fourth-order valence-corrected chi connectivity index (χ4v) is 1.24. The number of rotatable bonds is 5. The minimum absolute atomic E-state index is 0.105. The number of anilines is 1. The third-order valence-electron chi connectivity index (χ3n) is 1.93. The van der Waals surface area contributed by atoms with Gasteiger partial charge < -0.3 is 10.1 Å². The molecule has 0 radical (unpaired) electrons. The van der Waals surface area contributed by atoms with Crippen molar-refractivity contribution in [3.05, 3.63) is 18.5 Å². The number of hydrogen-bond acceptors (Lipinski definition) is 6. The molecule has 7 heteroatoms. The largest absolute Gasteiger partial charge is 0.450 e. The summed E-state index contributed by atoms with van der Waals surface area (Å²) >= 11 is 0. The third-order valence-corrected chi connectivity index (χ3v) is 1.93. The first-order valence-electron chi connectivity index (χ1n) is 5.39. The van der Waals surface area contributed by atoms with Crippen LogP contribution in [0.15, 0.2) is 18.5 Å². The fourth-order valence-electron chi connectivity index (χ4n) is 1.24. The molecular weight excluding hydrogens is 232 g/mol. The van der Waals surface area contributed by atoms with Gasteiger partial charge in [0.25, 0.3) is 5.95 Å². The highest BCUT2D eigenvalue weighted by atomic mass is 16.5. The Morgan fingerprint density at radius 2 is 2.33 bits per heavy atom. The van der Waals surface area contributed by atoms with Crippen molar-refractivity contribution < 1.29 is 4.74 Å². The van der Waals surface area contributed by atoms with Crippen LogP contribution < -0.4 is 10.1 Å². The molecule has 92 valence electrons. The molecule has 2 rings (SSSR count). The Labute approximate surface area is 104 Å². The van der Waals surface area contributed by atoms with E-state index in [0.717, 1.165) is 0 Å². The topological polar surface area (TPSA) is 77.8 Å². The van der Waals surface area contributed by atoms with E-state index < -0.39 is 0 Å². The van der Waals surface area contributed by atoms with E-state index in [2.05, 4.69) is 31.3 Å². The van der Waals surface area contributed by atoms with Crippen molar-refractivity contribution in [1.82, 2.24) is 24.7 Å². The van der Waals surface area contributed by atoms with Crippen molar-refractivity contribution in [2.45, 2.75) is 6.92 Å². The lowest BCUT2D eigenvalue weighted by Crippen LogP contribution is -2.11. The molecule has 1 N–H and O–H groups in total. The number of nitrogens with one attached hydrogen (secondary N) is 1. The lowest BCUT2D eigenvalue weighted by atomic mass is 10.7. The molecule has 0 amide bonds. The Kier molecular flexibility index (Phi) is 3.71. The molecule has 2 aromatic heterocycles. The highest BCUT2D eigenvalue weighted by Crippen LogP contribution is 2.10. The zero-order valence-electron chi connectivity index (χ0n) is 9.87. The first kappa shape index (κ1) is 11.9. The van der Waals surface area contributed by atoms with Crippen LogP contribution in [0.25, 0.3) is 5.95 Å². The number of aromatic nitrogens is 5. The molecule has 0 unspecified atom stereocenters. The predicted molar refractivity (Wildman–Crippen MR) is 65.4 cm³/mol. The standard InChI is InChI=1S/C11H12N6O/c1-3-8-18-11-15-9(12-4-2)14-10(16-11)17-7-5-6-13-17/h1,5-7H,4,8H2,2H3,(H,12,14,15,16). The molecule has 2 aromatic rings. The summed E-state index contributed by atoms with van der Waals surface area (Å²) in [5.74, 6) is 3.15. The molecule has 2 heterocycles. The van der Waals surface area contributed by atoms with Crippen LogP contribution in [0.4, 0.5) is 5.95 Å². The van der Waals surface area contributed by atoms with Crippen LogP contribution >= 0.6 is 0 Å². The SMILES string of the molecule is C#CCOc1nc(NCC)nc(-n2cccn2)n1. The average Bonchev–Trinajstić information content (AvgIpc) is 2.90. The lowest BCUT2D eigenvalue weighted by molar-refractivity contribution is 0.338. The van der Waals surface area contributed by atoms with Crippen molar-refractivity contribution in [3.8, 4) is 24.3 Å². The molecule has 0 saturated carbocycles.